The van der Waals surface area contributed by atoms with Crippen molar-refractivity contribution < 1.29 is 9.53 Å². The van der Waals surface area contributed by atoms with Crippen LogP contribution < -0.4 is 19.9 Å². The van der Waals surface area contributed by atoms with Crippen molar-refractivity contribution in [2.45, 2.75) is 26.8 Å². The van der Waals surface area contributed by atoms with E-state index in [2.05, 4.69) is 31.2 Å². The summed E-state index contributed by atoms with van der Waals surface area (Å²) in [6, 6.07) is 8.21. The van der Waals surface area contributed by atoms with E-state index in [1.54, 1.807) is 13.4 Å². The lowest BCUT2D eigenvalue weighted by molar-refractivity contribution is 0.0947. The third-order valence-corrected chi connectivity index (χ3v) is 6.54. The summed E-state index contributed by atoms with van der Waals surface area (Å²) < 4.78 is 5.52. The number of nitrogens with one attached hydrogen (secondary N) is 1. The second-order valence-electron chi connectivity index (χ2n) is 7.71. The number of rotatable bonds is 5. The minimum Gasteiger partial charge on any atom is -0.495 e. The molecule has 0 radical (unpaired) electrons. The van der Waals surface area contributed by atoms with Gasteiger partial charge in [0.15, 0.2) is 0 Å². The number of aromatic nitrogens is 2. The largest absolute Gasteiger partial charge is 0.495 e. The first-order valence-corrected chi connectivity index (χ1v) is 11.0. The minimum atomic E-state index is -0.0440. The Labute approximate surface area is 180 Å². The second kappa shape index (κ2) is 8.47. The standard InChI is InChI=1S/C22H27N5O2S/c1-14(2)25-21(28)19-15(3)18-20(23-13-24-22(18)30-19)27-11-9-26(10-12-27)16-7-5-6-8-17(16)29-4/h5-8,13-14H,9-12H2,1-4H3,(H,25,28). The first-order chi connectivity index (χ1) is 14.5. The fourth-order valence-electron chi connectivity index (χ4n) is 3.89. The Kier molecular flexibility index (Phi) is 5.76. The van der Waals surface area contributed by atoms with Gasteiger partial charge in [-0.15, -0.1) is 11.3 Å². The number of anilines is 2. The zero-order chi connectivity index (χ0) is 21.3. The number of benzene rings is 1. The van der Waals surface area contributed by atoms with Gasteiger partial charge in [-0.05, 0) is 38.5 Å². The summed E-state index contributed by atoms with van der Waals surface area (Å²) in [7, 11) is 1.71. The van der Waals surface area contributed by atoms with Crippen LogP contribution in [0.25, 0.3) is 10.2 Å². The number of para-hydroxylation sites is 2. The van der Waals surface area contributed by atoms with Crippen LogP contribution in [0.4, 0.5) is 11.5 Å². The summed E-state index contributed by atoms with van der Waals surface area (Å²) in [5, 5.41) is 3.97. The fourth-order valence-corrected chi connectivity index (χ4v) is 4.93. The molecule has 30 heavy (non-hydrogen) atoms. The van der Waals surface area contributed by atoms with Crippen molar-refractivity contribution in [2.75, 3.05) is 43.1 Å². The predicted molar refractivity (Wildman–Crippen MR) is 122 cm³/mol. The van der Waals surface area contributed by atoms with Crippen LogP contribution in [0.1, 0.15) is 29.1 Å². The first kappa shape index (κ1) is 20.4. The van der Waals surface area contributed by atoms with Gasteiger partial charge in [0, 0.05) is 32.2 Å². The summed E-state index contributed by atoms with van der Waals surface area (Å²) >= 11 is 1.44. The predicted octanol–water partition coefficient (Wildman–Crippen LogP) is 3.47. The van der Waals surface area contributed by atoms with Gasteiger partial charge in [0.1, 0.15) is 22.7 Å². The molecule has 0 aliphatic carbocycles. The van der Waals surface area contributed by atoms with Crippen molar-refractivity contribution in [3.05, 3.63) is 41.0 Å². The van der Waals surface area contributed by atoms with Crippen LogP contribution >= 0.6 is 11.3 Å². The Balaban J connectivity index is 1.59. The summed E-state index contributed by atoms with van der Waals surface area (Å²) in [5.74, 6) is 1.76. The Hall–Kier alpha value is -2.87. The number of amides is 1. The van der Waals surface area contributed by atoms with E-state index in [1.165, 1.54) is 11.3 Å². The lowest BCUT2D eigenvalue weighted by Crippen LogP contribution is -2.47. The molecule has 0 atom stereocenters. The summed E-state index contributed by atoms with van der Waals surface area (Å²) in [4.78, 5) is 27.9. The Bertz CT molecular complexity index is 1060. The zero-order valence-electron chi connectivity index (χ0n) is 17.8. The molecular formula is C22H27N5O2S. The quantitative estimate of drug-likeness (QED) is 0.675. The minimum absolute atomic E-state index is 0.0440. The van der Waals surface area contributed by atoms with Gasteiger partial charge < -0.3 is 19.9 Å². The zero-order valence-corrected chi connectivity index (χ0v) is 18.6. The van der Waals surface area contributed by atoms with E-state index in [4.69, 9.17) is 4.74 Å². The van der Waals surface area contributed by atoms with Gasteiger partial charge in [0.25, 0.3) is 5.91 Å². The number of thiophene rings is 1. The van der Waals surface area contributed by atoms with Gasteiger partial charge >= 0.3 is 0 Å². The molecule has 2 aromatic heterocycles. The molecule has 158 valence electrons. The Morgan fingerprint density at radius 2 is 1.83 bits per heavy atom. The molecule has 0 spiro atoms. The molecule has 1 saturated heterocycles. The van der Waals surface area contributed by atoms with Crippen LogP contribution in [-0.2, 0) is 0 Å². The SMILES string of the molecule is COc1ccccc1N1CCN(c2ncnc3sc(C(=O)NC(C)C)c(C)c23)CC1. The smallest absolute Gasteiger partial charge is 0.261 e. The van der Waals surface area contributed by atoms with E-state index in [1.807, 2.05) is 39.0 Å². The average Bonchev–Trinajstić information content (AvgIpc) is 3.10. The number of methoxy groups -OCH3 is 1. The van der Waals surface area contributed by atoms with Gasteiger partial charge in [0.05, 0.1) is 23.1 Å². The molecule has 3 heterocycles. The topological polar surface area (TPSA) is 70.6 Å². The molecule has 0 unspecified atom stereocenters. The molecule has 1 amide bonds. The number of fused-ring (bicyclic) bond motifs is 1. The van der Waals surface area contributed by atoms with E-state index >= 15 is 0 Å². The number of hydrogen-bond donors (Lipinski definition) is 1. The number of nitrogens with zero attached hydrogens (tertiary/aromatic N) is 4. The fraction of sp³-hybridized carbons (Fsp3) is 0.409. The summed E-state index contributed by atoms with van der Waals surface area (Å²) in [6.07, 6.45) is 1.60. The van der Waals surface area contributed by atoms with Crippen LogP contribution in [0.15, 0.2) is 30.6 Å². The highest BCUT2D eigenvalue weighted by Crippen LogP contribution is 2.36. The van der Waals surface area contributed by atoms with E-state index < -0.39 is 0 Å². The summed E-state index contributed by atoms with van der Waals surface area (Å²) in [5.41, 5.74) is 2.07. The van der Waals surface area contributed by atoms with Crippen molar-refractivity contribution in [3.63, 3.8) is 0 Å². The van der Waals surface area contributed by atoms with E-state index in [0.29, 0.717) is 4.88 Å². The normalized spacial score (nSPS) is 14.4. The van der Waals surface area contributed by atoms with E-state index in [-0.39, 0.29) is 11.9 Å². The monoisotopic (exact) mass is 425 g/mol. The third kappa shape index (κ3) is 3.79. The highest BCUT2D eigenvalue weighted by Gasteiger charge is 2.25. The van der Waals surface area contributed by atoms with Crippen molar-refractivity contribution >= 4 is 39.0 Å². The van der Waals surface area contributed by atoms with E-state index in [0.717, 1.165) is 59.2 Å². The van der Waals surface area contributed by atoms with Crippen LogP contribution in [0.5, 0.6) is 5.75 Å². The molecule has 1 N–H and O–H groups in total. The maximum atomic E-state index is 12.6. The first-order valence-electron chi connectivity index (χ1n) is 10.2. The number of carbonyl (C=O) groups is 1. The molecule has 0 saturated carbocycles. The van der Waals surface area contributed by atoms with Gasteiger partial charge in [-0.3, -0.25) is 4.79 Å². The third-order valence-electron chi connectivity index (χ3n) is 5.34. The van der Waals surface area contributed by atoms with E-state index in [9.17, 15) is 4.79 Å². The second-order valence-corrected chi connectivity index (χ2v) is 8.71. The maximum absolute atomic E-state index is 12.6. The van der Waals surface area contributed by atoms with Crippen molar-refractivity contribution in [2.24, 2.45) is 0 Å². The van der Waals surface area contributed by atoms with Gasteiger partial charge in [0.2, 0.25) is 0 Å². The molecule has 1 fully saturated rings. The van der Waals surface area contributed by atoms with Crippen molar-refractivity contribution in [1.29, 1.82) is 0 Å². The molecule has 1 aliphatic heterocycles. The Morgan fingerprint density at radius 1 is 1.13 bits per heavy atom. The number of hydrogen-bond acceptors (Lipinski definition) is 7. The van der Waals surface area contributed by atoms with Gasteiger partial charge in [-0.1, -0.05) is 12.1 Å². The van der Waals surface area contributed by atoms with Crippen LogP contribution in [-0.4, -0.2) is 55.2 Å². The number of carbonyl (C=O) groups excluding carboxylic acids is 1. The molecule has 3 aromatic rings. The lowest BCUT2D eigenvalue weighted by atomic mass is 10.1. The average molecular weight is 426 g/mol. The number of ether oxygens (including phenoxy) is 1. The molecule has 8 heteroatoms. The Morgan fingerprint density at radius 3 is 2.53 bits per heavy atom. The maximum Gasteiger partial charge on any atom is 0.261 e. The molecule has 0 bridgehead atoms. The molecule has 1 aromatic carbocycles. The molecule has 1 aliphatic rings. The molecule has 7 nitrogen and oxygen atoms in total. The molecule has 4 rings (SSSR count). The molecular weight excluding hydrogens is 398 g/mol. The van der Waals surface area contributed by atoms with Crippen molar-refractivity contribution in [1.82, 2.24) is 15.3 Å². The van der Waals surface area contributed by atoms with Gasteiger partial charge in [-0.2, -0.15) is 0 Å². The number of piperazine rings is 1. The lowest BCUT2D eigenvalue weighted by Gasteiger charge is -2.37. The number of aryl methyl sites for hydroxylation is 1. The van der Waals surface area contributed by atoms with Crippen LogP contribution in [0.2, 0.25) is 0 Å². The van der Waals surface area contributed by atoms with Crippen LogP contribution in [0.3, 0.4) is 0 Å². The highest BCUT2D eigenvalue weighted by atomic mass is 32.1. The van der Waals surface area contributed by atoms with Crippen LogP contribution in [0, 0.1) is 6.92 Å². The summed E-state index contributed by atoms with van der Waals surface area (Å²) in [6.45, 7) is 9.34. The highest BCUT2D eigenvalue weighted by molar-refractivity contribution is 7.20. The van der Waals surface area contributed by atoms with Gasteiger partial charge in [-0.25, -0.2) is 9.97 Å². The van der Waals surface area contributed by atoms with Crippen molar-refractivity contribution in [3.8, 4) is 5.75 Å².